The number of amides is 7. The topological polar surface area (TPSA) is 272 Å². The van der Waals surface area contributed by atoms with Gasteiger partial charge >= 0.3 is 5.97 Å². The molecular formula is C30H50N8O9. The fraction of sp³-hybridized carbons (Fsp3) is 0.733. The molecule has 10 N–H and O–H groups in total. The van der Waals surface area contributed by atoms with E-state index in [1.165, 1.54) is 4.90 Å². The predicted octanol–water partition coefficient (Wildman–Crippen LogP) is -2.40. The summed E-state index contributed by atoms with van der Waals surface area (Å²) < 4.78 is 0. The first-order valence-electron chi connectivity index (χ1n) is 16.1. The summed E-state index contributed by atoms with van der Waals surface area (Å²) in [5.41, 5.74) is 11.0. The van der Waals surface area contributed by atoms with Gasteiger partial charge in [0.25, 0.3) is 0 Å². The highest BCUT2D eigenvalue weighted by molar-refractivity contribution is 6.00. The van der Waals surface area contributed by atoms with E-state index in [2.05, 4.69) is 26.6 Å². The molecule has 2 fully saturated rings. The van der Waals surface area contributed by atoms with E-state index in [1.54, 1.807) is 27.7 Å². The predicted molar refractivity (Wildman–Crippen MR) is 168 cm³/mol. The molecule has 0 saturated carbocycles. The van der Waals surface area contributed by atoms with E-state index < -0.39 is 108 Å². The molecule has 0 spiro atoms. The molecule has 7 atom stereocenters. The molecular weight excluding hydrogens is 616 g/mol. The number of rotatable bonds is 11. The quantitative estimate of drug-likeness (QED) is 0.108. The number of carboxylic acids is 1. The molecule has 2 aliphatic heterocycles. The van der Waals surface area contributed by atoms with E-state index in [1.807, 2.05) is 0 Å². The molecule has 0 bridgehead atoms. The lowest BCUT2D eigenvalue weighted by molar-refractivity contribution is -0.146. The summed E-state index contributed by atoms with van der Waals surface area (Å²) in [6.07, 6.45) is 0.599. The molecule has 2 aliphatic rings. The molecule has 0 aliphatic carbocycles. The molecule has 7 amide bonds. The van der Waals surface area contributed by atoms with Gasteiger partial charge in [0.1, 0.15) is 36.3 Å². The van der Waals surface area contributed by atoms with Crippen molar-refractivity contribution in [1.29, 1.82) is 0 Å². The van der Waals surface area contributed by atoms with Crippen LogP contribution in [0.2, 0.25) is 0 Å². The molecule has 17 nitrogen and oxygen atoms in total. The molecule has 2 saturated heterocycles. The number of unbranched alkanes of at least 4 members (excludes halogenated alkanes) is 1. The van der Waals surface area contributed by atoms with E-state index >= 15 is 0 Å². The van der Waals surface area contributed by atoms with Crippen molar-refractivity contribution in [2.45, 2.75) is 115 Å². The maximum Gasteiger partial charge on any atom is 0.305 e. The molecule has 17 heteroatoms. The van der Waals surface area contributed by atoms with Gasteiger partial charge in [0.15, 0.2) is 0 Å². The Morgan fingerprint density at radius 1 is 0.809 bits per heavy atom. The highest BCUT2D eigenvalue weighted by atomic mass is 16.4. The van der Waals surface area contributed by atoms with Gasteiger partial charge < -0.3 is 48.1 Å². The molecule has 0 aromatic carbocycles. The summed E-state index contributed by atoms with van der Waals surface area (Å²) in [5, 5.41) is 22.3. The Balaban J connectivity index is 2.64. The summed E-state index contributed by atoms with van der Waals surface area (Å²) in [6, 6.07) is -7.83. The first-order chi connectivity index (χ1) is 22.1. The smallest absolute Gasteiger partial charge is 0.305 e. The van der Waals surface area contributed by atoms with Crippen LogP contribution in [0.3, 0.4) is 0 Å². The lowest BCUT2D eigenvalue weighted by Crippen LogP contribution is -2.62. The second-order valence-corrected chi connectivity index (χ2v) is 12.5. The third-order valence-electron chi connectivity index (χ3n) is 8.49. The summed E-state index contributed by atoms with van der Waals surface area (Å²) in [5.74, 6) is -8.05. The summed E-state index contributed by atoms with van der Waals surface area (Å²) in [7, 11) is 0. The molecule has 2 rings (SSSR count). The van der Waals surface area contributed by atoms with Crippen molar-refractivity contribution < 1.29 is 43.5 Å². The van der Waals surface area contributed by atoms with Gasteiger partial charge in [-0.1, -0.05) is 34.1 Å². The second-order valence-electron chi connectivity index (χ2n) is 12.5. The summed E-state index contributed by atoms with van der Waals surface area (Å²) >= 11 is 0. The van der Waals surface area contributed by atoms with Crippen LogP contribution >= 0.6 is 0 Å². The zero-order valence-electron chi connectivity index (χ0n) is 27.5. The van der Waals surface area contributed by atoms with Crippen molar-refractivity contribution >= 4 is 47.3 Å². The van der Waals surface area contributed by atoms with Gasteiger partial charge in [0, 0.05) is 6.54 Å². The van der Waals surface area contributed by atoms with E-state index in [9.17, 15) is 43.5 Å². The van der Waals surface area contributed by atoms with E-state index in [0.717, 1.165) is 0 Å². The first kappa shape index (κ1) is 38.9. The fourth-order valence-corrected chi connectivity index (χ4v) is 5.59. The third-order valence-corrected chi connectivity index (χ3v) is 8.49. The Hall–Kier alpha value is -4.28. The minimum absolute atomic E-state index is 0.0853. The number of nitrogens with two attached hydrogens (primary N) is 2. The monoisotopic (exact) mass is 666 g/mol. The molecule has 264 valence electrons. The maximum absolute atomic E-state index is 13.7. The van der Waals surface area contributed by atoms with Gasteiger partial charge in [-0.3, -0.25) is 38.4 Å². The average Bonchev–Trinajstić information content (AvgIpc) is 3.49. The number of primary amides is 1. The van der Waals surface area contributed by atoms with Gasteiger partial charge in [-0.25, -0.2) is 0 Å². The van der Waals surface area contributed by atoms with E-state index in [-0.39, 0.29) is 19.4 Å². The largest absolute Gasteiger partial charge is 0.481 e. The minimum atomic E-state index is -1.56. The standard InChI is InChI=1S/C30H50N8O9/c1-5-16(4)24-29(46)35-19(14-22(40)41)30(47)38-12-8-10-20(38)27(44)36-23(15(2)3)28(45)34-18(13-21(32)39)26(43)33-17(25(42)37-24)9-6-7-11-31/h15-20,23-24H,5-14,31H2,1-4H3,(H2,32,39)(H,33,43)(H,34,45)(H,35,46)(H,36,44)(H,37,42)(H,40,41)/t16-,17-,18-,19-,20-,23-,24-/m0/s1. The number of fused-ring (bicyclic) bond motifs is 1. The summed E-state index contributed by atoms with van der Waals surface area (Å²) in [4.78, 5) is 106. The number of hydrogen-bond acceptors (Lipinski definition) is 9. The van der Waals surface area contributed by atoms with Crippen molar-refractivity contribution in [1.82, 2.24) is 31.5 Å². The highest BCUT2D eigenvalue weighted by Gasteiger charge is 2.42. The maximum atomic E-state index is 13.7. The van der Waals surface area contributed by atoms with Crippen molar-refractivity contribution in [2.24, 2.45) is 23.3 Å². The Morgan fingerprint density at radius 3 is 1.96 bits per heavy atom. The lowest BCUT2D eigenvalue weighted by Gasteiger charge is -2.32. The highest BCUT2D eigenvalue weighted by Crippen LogP contribution is 2.21. The molecule has 2 heterocycles. The second kappa shape index (κ2) is 18.2. The first-order valence-corrected chi connectivity index (χ1v) is 16.1. The number of hydrogen-bond donors (Lipinski definition) is 8. The Labute approximate surface area is 274 Å². The SMILES string of the molecule is CC[C@H](C)[C@@H]1NC(=O)[C@H](CCCCN)NC(=O)[C@H](CC(N)=O)NC(=O)[C@H](C(C)C)NC(=O)[C@@H]2CCCN2C(=O)[C@H](CC(=O)O)NC1=O. The van der Waals surface area contributed by atoms with Crippen LogP contribution in [-0.2, 0) is 38.4 Å². The number of nitrogens with one attached hydrogen (secondary N) is 5. The van der Waals surface area contributed by atoms with Crippen LogP contribution in [0.15, 0.2) is 0 Å². The van der Waals surface area contributed by atoms with Crippen LogP contribution in [0.5, 0.6) is 0 Å². The van der Waals surface area contributed by atoms with E-state index in [0.29, 0.717) is 32.2 Å². The lowest BCUT2D eigenvalue weighted by atomic mass is 9.96. The van der Waals surface area contributed by atoms with Gasteiger partial charge in [-0.2, -0.15) is 0 Å². The van der Waals surface area contributed by atoms with Crippen LogP contribution < -0.4 is 38.1 Å². The number of carboxylic acid groups (broad SMARTS) is 1. The molecule has 47 heavy (non-hydrogen) atoms. The van der Waals surface area contributed by atoms with Crippen LogP contribution in [0.1, 0.15) is 79.1 Å². The molecule has 0 aromatic heterocycles. The van der Waals surface area contributed by atoms with Crippen molar-refractivity contribution in [3.8, 4) is 0 Å². The summed E-state index contributed by atoms with van der Waals surface area (Å²) in [6.45, 7) is 7.13. The van der Waals surface area contributed by atoms with Crippen molar-refractivity contribution in [3.05, 3.63) is 0 Å². The van der Waals surface area contributed by atoms with Gasteiger partial charge in [-0.05, 0) is 50.5 Å². The van der Waals surface area contributed by atoms with Gasteiger partial charge in [-0.15, -0.1) is 0 Å². The van der Waals surface area contributed by atoms with Crippen LogP contribution in [0.25, 0.3) is 0 Å². The number of carbonyl (C=O) groups excluding carboxylic acids is 7. The normalized spacial score (nSPS) is 27.4. The van der Waals surface area contributed by atoms with E-state index in [4.69, 9.17) is 11.5 Å². The van der Waals surface area contributed by atoms with Crippen LogP contribution in [-0.4, -0.2) is 107 Å². The minimum Gasteiger partial charge on any atom is -0.481 e. The number of nitrogens with zero attached hydrogens (tertiary/aromatic N) is 1. The van der Waals surface area contributed by atoms with Crippen molar-refractivity contribution in [2.75, 3.05) is 13.1 Å². The van der Waals surface area contributed by atoms with Crippen molar-refractivity contribution in [3.63, 3.8) is 0 Å². The zero-order valence-corrected chi connectivity index (χ0v) is 27.5. The zero-order chi connectivity index (χ0) is 35.4. The fourth-order valence-electron chi connectivity index (χ4n) is 5.59. The Kier molecular flexibility index (Phi) is 15.0. The van der Waals surface area contributed by atoms with Crippen LogP contribution in [0, 0.1) is 11.8 Å². The number of carbonyl (C=O) groups is 8. The van der Waals surface area contributed by atoms with Crippen LogP contribution in [0.4, 0.5) is 0 Å². The Bertz CT molecular complexity index is 1200. The molecule has 0 aromatic rings. The molecule has 0 radical (unpaired) electrons. The average molecular weight is 667 g/mol. The third kappa shape index (κ3) is 11.2. The number of aliphatic carboxylic acids is 1. The molecule has 0 unspecified atom stereocenters. The van der Waals surface area contributed by atoms with Gasteiger partial charge in [0.2, 0.25) is 41.4 Å². The van der Waals surface area contributed by atoms with Gasteiger partial charge in [0.05, 0.1) is 12.8 Å². The Morgan fingerprint density at radius 2 is 1.38 bits per heavy atom.